The SMILES string of the molecule is O=C(COc1ccccc1[N+](=O)[O-])N/N=C\c1ccc(OC(=O)c2cccs2)cc1. The van der Waals surface area contributed by atoms with Crippen LogP contribution in [0.3, 0.4) is 0 Å². The van der Waals surface area contributed by atoms with Crippen molar-refractivity contribution in [2.24, 2.45) is 5.10 Å². The fourth-order valence-corrected chi connectivity index (χ4v) is 2.86. The molecule has 0 radical (unpaired) electrons. The maximum atomic E-state index is 11.9. The number of carbonyl (C=O) groups is 2. The molecule has 1 heterocycles. The Kier molecular flexibility index (Phi) is 6.85. The van der Waals surface area contributed by atoms with Crippen molar-refractivity contribution >= 4 is 35.1 Å². The van der Waals surface area contributed by atoms with Crippen LogP contribution in [-0.4, -0.2) is 29.6 Å². The van der Waals surface area contributed by atoms with E-state index >= 15 is 0 Å². The minimum atomic E-state index is -0.591. The molecule has 152 valence electrons. The molecule has 1 N–H and O–H groups in total. The molecule has 1 aromatic heterocycles. The number of rotatable bonds is 8. The number of nitro benzene ring substituents is 1. The molecule has 0 aliphatic rings. The Balaban J connectivity index is 1.47. The van der Waals surface area contributed by atoms with E-state index in [1.54, 1.807) is 47.8 Å². The largest absolute Gasteiger partial charge is 0.477 e. The highest BCUT2D eigenvalue weighted by Gasteiger charge is 2.14. The van der Waals surface area contributed by atoms with Gasteiger partial charge in [-0.3, -0.25) is 14.9 Å². The second kappa shape index (κ2) is 9.94. The number of ether oxygens (including phenoxy) is 2. The van der Waals surface area contributed by atoms with Crippen LogP contribution >= 0.6 is 11.3 Å². The van der Waals surface area contributed by atoms with Gasteiger partial charge in [0.2, 0.25) is 0 Å². The lowest BCUT2D eigenvalue weighted by Crippen LogP contribution is -2.24. The van der Waals surface area contributed by atoms with E-state index in [1.807, 2.05) is 0 Å². The average Bonchev–Trinajstić information content (AvgIpc) is 3.29. The normalized spacial score (nSPS) is 10.5. The molecule has 9 nitrogen and oxygen atoms in total. The summed E-state index contributed by atoms with van der Waals surface area (Å²) in [6.45, 7) is -0.431. The summed E-state index contributed by atoms with van der Waals surface area (Å²) < 4.78 is 10.4. The van der Waals surface area contributed by atoms with Crippen molar-refractivity contribution in [2.45, 2.75) is 0 Å². The highest BCUT2D eigenvalue weighted by atomic mass is 32.1. The van der Waals surface area contributed by atoms with Crippen molar-refractivity contribution in [1.82, 2.24) is 5.43 Å². The summed E-state index contributed by atoms with van der Waals surface area (Å²) >= 11 is 1.29. The first-order valence-electron chi connectivity index (χ1n) is 8.57. The van der Waals surface area contributed by atoms with Gasteiger partial charge in [-0.05, 0) is 47.3 Å². The molecule has 0 aliphatic heterocycles. The number of hydrazone groups is 1. The number of para-hydroxylation sites is 2. The number of nitrogens with one attached hydrogen (secondary N) is 1. The lowest BCUT2D eigenvalue weighted by atomic mass is 10.2. The maximum Gasteiger partial charge on any atom is 0.353 e. The number of hydrogen-bond acceptors (Lipinski definition) is 8. The second-order valence-electron chi connectivity index (χ2n) is 5.74. The van der Waals surface area contributed by atoms with Crippen LogP contribution in [0.2, 0.25) is 0 Å². The maximum absolute atomic E-state index is 11.9. The molecular weight excluding hydrogens is 410 g/mol. The van der Waals surface area contributed by atoms with E-state index in [2.05, 4.69) is 10.5 Å². The number of amides is 1. The number of carbonyl (C=O) groups excluding carboxylic acids is 2. The molecule has 2 aromatic carbocycles. The number of nitrogens with zero attached hydrogens (tertiary/aromatic N) is 2. The smallest absolute Gasteiger partial charge is 0.353 e. The standard InChI is InChI=1S/C20H15N3O6S/c24-19(13-28-17-5-2-1-4-16(17)23(26)27)22-21-12-14-7-9-15(10-8-14)29-20(25)18-6-3-11-30-18/h1-12H,13H2,(H,22,24)/b21-12-. The van der Waals surface area contributed by atoms with Crippen molar-refractivity contribution in [3.63, 3.8) is 0 Å². The van der Waals surface area contributed by atoms with Gasteiger partial charge in [0.05, 0.1) is 11.1 Å². The van der Waals surface area contributed by atoms with Crippen molar-refractivity contribution < 1.29 is 24.0 Å². The Morgan fingerprint density at radius 2 is 1.87 bits per heavy atom. The van der Waals surface area contributed by atoms with Gasteiger partial charge >= 0.3 is 11.7 Å². The molecule has 0 unspecified atom stereocenters. The quantitative estimate of drug-likeness (QED) is 0.194. The molecular formula is C20H15N3O6S. The molecule has 0 spiro atoms. The third-order valence-corrected chi connectivity index (χ3v) is 4.49. The first-order valence-corrected chi connectivity index (χ1v) is 9.45. The second-order valence-corrected chi connectivity index (χ2v) is 6.69. The predicted octanol–water partition coefficient (Wildman–Crippen LogP) is 3.40. The van der Waals surface area contributed by atoms with E-state index < -0.39 is 23.4 Å². The van der Waals surface area contributed by atoms with Crippen LogP contribution in [0.25, 0.3) is 0 Å². The van der Waals surface area contributed by atoms with Gasteiger partial charge in [0.25, 0.3) is 5.91 Å². The zero-order valence-corrected chi connectivity index (χ0v) is 16.2. The lowest BCUT2D eigenvalue weighted by Gasteiger charge is -2.05. The van der Waals surface area contributed by atoms with E-state index in [9.17, 15) is 19.7 Å². The van der Waals surface area contributed by atoms with E-state index in [-0.39, 0.29) is 11.4 Å². The summed E-state index contributed by atoms with van der Waals surface area (Å²) in [6, 6.07) is 15.7. The number of esters is 1. The molecule has 3 aromatic rings. The summed E-state index contributed by atoms with van der Waals surface area (Å²) in [5.74, 6) is -0.634. The average molecular weight is 425 g/mol. The third kappa shape index (κ3) is 5.72. The van der Waals surface area contributed by atoms with Crippen LogP contribution in [0.1, 0.15) is 15.2 Å². The molecule has 0 saturated heterocycles. The molecule has 0 fully saturated rings. The van der Waals surface area contributed by atoms with Crippen LogP contribution in [-0.2, 0) is 4.79 Å². The van der Waals surface area contributed by atoms with Gasteiger partial charge in [-0.15, -0.1) is 11.3 Å². The molecule has 0 saturated carbocycles. The zero-order chi connectivity index (χ0) is 21.3. The van der Waals surface area contributed by atoms with Gasteiger partial charge in [-0.1, -0.05) is 18.2 Å². The molecule has 10 heteroatoms. The van der Waals surface area contributed by atoms with Gasteiger partial charge in [0, 0.05) is 6.07 Å². The molecule has 0 atom stereocenters. The van der Waals surface area contributed by atoms with Crippen LogP contribution in [0.4, 0.5) is 5.69 Å². The fraction of sp³-hybridized carbons (Fsp3) is 0.0500. The van der Waals surface area contributed by atoms with Gasteiger partial charge in [-0.2, -0.15) is 5.10 Å². The van der Waals surface area contributed by atoms with Crippen LogP contribution < -0.4 is 14.9 Å². The predicted molar refractivity (Wildman–Crippen MR) is 110 cm³/mol. The highest BCUT2D eigenvalue weighted by molar-refractivity contribution is 7.12. The van der Waals surface area contributed by atoms with Crippen molar-refractivity contribution in [3.05, 3.63) is 86.6 Å². The van der Waals surface area contributed by atoms with Crippen molar-refractivity contribution in [1.29, 1.82) is 0 Å². The summed E-state index contributed by atoms with van der Waals surface area (Å²) in [5.41, 5.74) is 2.70. The topological polar surface area (TPSA) is 120 Å². The van der Waals surface area contributed by atoms with Crippen molar-refractivity contribution in [3.8, 4) is 11.5 Å². The zero-order valence-electron chi connectivity index (χ0n) is 15.4. The summed E-state index contributed by atoms with van der Waals surface area (Å²) in [7, 11) is 0. The number of benzene rings is 2. The van der Waals surface area contributed by atoms with E-state index in [1.165, 1.54) is 35.8 Å². The van der Waals surface area contributed by atoms with E-state index in [4.69, 9.17) is 9.47 Å². The fourth-order valence-electron chi connectivity index (χ4n) is 2.26. The number of nitro groups is 1. The molecule has 0 bridgehead atoms. The van der Waals surface area contributed by atoms with Gasteiger partial charge < -0.3 is 9.47 Å². The van der Waals surface area contributed by atoms with Crippen molar-refractivity contribution in [2.75, 3.05) is 6.61 Å². The Bertz CT molecular complexity index is 1060. The van der Waals surface area contributed by atoms with Gasteiger partial charge in [0.15, 0.2) is 12.4 Å². The summed E-state index contributed by atoms with van der Waals surface area (Å²) in [4.78, 5) is 34.5. The van der Waals surface area contributed by atoms with E-state index in [0.29, 0.717) is 16.2 Å². The third-order valence-electron chi connectivity index (χ3n) is 3.64. The highest BCUT2D eigenvalue weighted by Crippen LogP contribution is 2.25. The van der Waals surface area contributed by atoms with Crippen LogP contribution in [0, 0.1) is 10.1 Å². The van der Waals surface area contributed by atoms with Crippen LogP contribution in [0.5, 0.6) is 11.5 Å². The van der Waals surface area contributed by atoms with Crippen LogP contribution in [0.15, 0.2) is 71.1 Å². The van der Waals surface area contributed by atoms with Gasteiger partial charge in [0.1, 0.15) is 10.6 Å². The molecule has 3 rings (SSSR count). The number of thiophene rings is 1. The first-order chi connectivity index (χ1) is 14.5. The minimum absolute atomic E-state index is 0.00526. The molecule has 0 aliphatic carbocycles. The minimum Gasteiger partial charge on any atom is -0.477 e. The summed E-state index contributed by atoms with van der Waals surface area (Å²) in [6.07, 6.45) is 1.40. The lowest BCUT2D eigenvalue weighted by molar-refractivity contribution is -0.385. The number of hydrogen-bond donors (Lipinski definition) is 1. The Hall–Kier alpha value is -4.05. The first kappa shape index (κ1) is 20.7. The molecule has 30 heavy (non-hydrogen) atoms. The van der Waals surface area contributed by atoms with Gasteiger partial charge in [-0.25, -0.2) is 10.2 Å². The Morgan fingerprint density at radius 1 is 1.10 bits per heavy atom. The Labute approximate surface area is 174 Å². The monoisotopic (exact) mass is 425 g/mol. The summed E-state index contributed by atoms with van der Waals surface area (Å²) in [5, 5.41) is 16.5. The molecule has 1 amide bonds. The Morgan fingerprint density at radius 3 is 2.57 bits per heavy atom. The van der Waals surface area contributed by atoms with E-state index in [0.717, 1.165) is 0 Å².